The van der Waals surface area contributed by atoms with E-state index in [9.17, 15) is 10.2 Å². The van der Waals surface area contributed by atoms with Crippen molar-refractivity contribution in [1.29, 1.82) is 0 Å². The summed E-state index contributed by atoms with van der Waals surface area (Å²) in [6.45, 7) is 5.66. The van der Waals surface area contributed by atoms with Crippen LogP contribution in [0.15, 0.2) is 24.3 Å². The average molecular weight is 468 g/mol. The van der Waals surface area contributed by atoms with E-state index in [2.05, 4.69) is 50.1 Å². The van der Waals surface area contributed by atoms with Gasteiger partial charge in [-0.1, -0.05) is 70.6 Å². The van der Waals surface area contributed by atoms with Gasteiger partial charge < -0.3 is 15.1 Å². The molecule has 6 aliphatic rings. The van der Waals surface area contributed by atoms with Crippen molar-refractivity contribution in [2.75, 3.05) is 18.5 Å². The fourth-order valence-corrected chi connectivity index (χ4v) is 10.4. The first-order valence-corrected chi connectivity index (χ1v) is 14.6. The summed E-state index contributed by atoms with van der Waals surface area (Å²) in [7, 11) is 2.27. The third-order valence-electron chi connectivity index (χ3n) is 11.5. The van der Waals surface area contributed by atoms with E-state index in [0.717, 1.165) is 23.9 Å². The average Bonchev–Trinajstić information content (AvgIpc) is 3.23. The summed E-state index contributed by atoms with van der Waals surface area (Å²) in [6.07, 6.45) is 13.4. The molecule has 34 heavy (non-hydrogen) atoms. The molecule has 0 amide bonds. The van der Waals surface area contributed by atoms with Crippen molar-refractivity contribution in [3.8, 4) is 0 Å². The third-order valence-corrected chi connectivity index (χ3v) is 11.5. The number of nitrogens with zero attached hydrogens (tertiary/aromatic N) is 2. The van der Waals surface area contributed by atoms with Crippen LogP contribution in [0.25, 0.3) is 0 Å². The Morgan fingerprint density at radius 1 is 0.971 bits per heavy atom. The van der Waals surface area contributed by atoms with E-state index >= 15 is 0 Å². The molecule has 4 saturated heterocycles. The summed E-state index contributed by atoms with van der Waals surface area (Å²) < 4.78 is 0.900. The number of anilines is 1. The molecule has 7 rings (SSSR count). The van der Waals surface area contributed by atoms with Crippen LogP contribution < -0.4 is 4.90 Å². The van der Waals surface area contributed by atoms with Gasteiger partial charge in [0, 0.05) is 37.4 Å². The van der Waals surface area contributed by atoms with Gasteiger partial charge in [-0.3, -0.25) is 4.48 Å². The minimum absolute atomic E-state index is 0.135. The molecule has 0 radical (unpaired) electrons. The predicted molar refractivity (Wildman–Crippen MR) is 138 cm³/mol. The van der Waals surface area contributed by atoms with Crippen molar-refractivity contribution in [3.63, 3.8) is 0 Å². The Kier molecular flexibility index (Phi) is 5.82. The zero-order valence-electron chi connectivity index (χ0n) is 21.7. The Labute approximate surface area is 206 Å². The van der Waals surface area contributed by atoms with Crippen molar-refractivity contribution in [2.45, 2.75) is 120 Å². The van der Waals surface area contributed by atoms with Crippen LogP contribution in [0, 0.1) is 17.8 Å². The van der Waals surface area contributed by atoms with Crippen molar-refractivity contribution < 1.29 is 14.7 Å². The van der Waals surface area contributed by atoms with Gasteiger partial charge in [-0.15, -0.1) is 0 Å². The van der Waals surface area contributed by atoms with Gasteiger partial charge in [0.15, 0.2) is 6.23 Å². The van der Waals surface area contributed by atoms with Crippen molar-refractivity contribution >= 4 is 5.69 Å². The zero-order chi connectivity index (χ0) is 23.7. The molecule has 5 fully saturated rings. The van der Waals surface area contributed by atoms with Crippen molar-refractivity contribution in [2.24, 2.45) is 17.8 Å². The molecule has 0 aromatic heterocycles. The molecule has 1 aromatic carbocycles. The molecule has 10 unspecified atom stereocenters. The quantitative estimate of drug-likeness (QED) is 0.367. The summed E-state index contributed by atoms with van der Waals surface area (Å²) in [6, 6.07) is 10.1. The van der Waals surface area contributed by atoms with Crippen LogP contribution in [0.3, 0.4) is 0 Å². The Morgan fingerprint density at radius 2 is 1.68 bits per heavy atom. The lowest BCUT2D eigenvalue weighted by Gasteiger charge is -2.68. The summed E-state index contributed by atoms with van der Waals surface area (Å²) in [5.41, 5.74) is 2.58. The van der Waals surface area contributed by atoms with Crippen LogP contribution in [-0.4, -0.2) is 58.7 Å². The first-order valence-electron chi connectivity index (χ1n) is 14.6. The number of rotatable bonds is 10. The molecule has 4 heteroatoms. The molecule has 2 N–H and O–H groups in total. The highest BCUT2D eigenvalue weighted by Crippen LogP contribution is 2.71. The number of para-hydroxylation sites is 1. The van der Waals surface area contributed by atoms with Gasteiger partial charge in [-0.05, 0) is 36.8 Å². The van der Waals surface area contributed by atoms with Gasteiger partial charge >= 0.3 is 0 Å². The lowest BCUT2D eigenvalue weighted by Crippen LogP contribution is -2.83. The number of likely N-dealkylation sites (N-methyl/N-ethyl adjacent to an activating group) is 1. The number of quaternary nitrogens is 1. The van der Waals surface area contributed by atoms with E-state index in [0.29, 0.717) is 35.9 Å². The third kappa shape index (κ3) is 2.77. The number of unbranched alkanes of at least 4 members (excludes halogenated alkanes) is 7. The Balaban J connectivity index is 1.31. The van der Waals surface area contributed by atoms with Crippen LogP contribution in [-0.2, 0) is 5.41 Å². The van der Waals surface area contributed by atoms with Gasteiger partial charge in [-0.2, -0.15) is 0 Å². The number of benzene rings is 1. The van der Waals surface area contributed by atoms with E-state index in [1.54, 1.807) is 0 Å². The first-order chi connectivity index (χ1) is 16.5. The van der Waals surface area contributed by atoms with E-state index in [-0.39, 0.29) is 17.7 Å². The van der Waals surface area contributed by atoms with Gasteiger partial charge in [-0.25, -0.2) is 0 Å². The molecule has 5 aliphatic heterocycles. The molecule has 1 spiro atoms. The smallest absolute Gasteiger partial charge is 0.194 e. The maximum atomic E-state index is 12.1. The SMILES string of the molecule is CCCCCCCCCC[N+]12C(O)C(CC)C3CC1C1N(C)c4ccccc4C14CC2C3C4O. The number of aliphatic hydroxyl groups excluding tert-OH is 2. The van der Waals surface area contributed by atoms with E-state index in [1.807, 2.05) is 0 Å². The number of hydrogen-bond donors (Lipinski definition) is 2. The minimum Gasteiger partial charge on any atom is -0.392 e. The monoisotopic (exact) mass is 467 g/mol. The number of aliphatic hydroxyl groups is 2. The Morgan fingerprint density at radius 3 is 2.41 bits per heavy atom. The highest BCUT2D eigenvalue weighted by molar-refractivity contribution is 5.66. The fraction of sp³-hybridized carbons (Fsp3) is 0.800. The number of fused-ring (bicyclic) bond motifs is 2. The highest BCUT2D eigenvalue weighted by atomic mass is 16.3. The van der Waals surface area contributed by atoms with Gasteiger partial charge in [0.25, 0.3) is 0 Å². The van der Waals surface area contributed by atoms with Gasteiger partial charge in [0.2, 0.25) is 0 Å². The molecule has 1 saturated carbocycles. The standard InChI is InChI=1S/C30H47N2O2/c1-4-6-7-8-9-10-11-14-17-32-24-18-21(20(5-2)29(32)34)26-25(32)19-30(28(26)33)22-15-12-13-16-23(22)31(3)27(24)30/h12-13,15-16,20-21,24-29,33-34H,4-11,14,17-19H2,1-3H3/q+1. The molecular weight excluding hydrogens is 420 g/mol. The zero-order valence-corrected chi connectivity index (χ0v) is 21.7. The summed E-state index contributed by atoms with van der Waals surface area (Å²) in [5, 5.41) is 24.2. The second-order valence-corrected chi connectivity index (χ2v) is 12.6. The van der Waals surface area contributed by atoms with Gasteiger partial charge in [0.1, 0.15) is 6.04 Å². The second kappa shape index (κ2) is 8.49. The maximum absolute atomic E-state index is 12.1. The van der Waals surface area contributed by atoms with Gasteiger partial charge in [0.05, 0.1) is 30.1 Å². The molecule has 188 valence electrons. The number of piperidine rings is 4. The summed E-state index contributed by atoms with van der Waals surface area (Å²) >= 11 is 0. The van der Waals surface area contributed by atoms with Crippen molar-refractivity contribution in [1.82, 2.24) is 0 Å². The second-order valence-electron chi connectivity index (χ2n) is 12.6. The lowest BCUT2D eigenvalue weighted by atomic mass is 9.60. The van der Waals surface area contributed by atoms with Crippen molar-refractivity contribution in [3.05, 3.63) is 29.8 Å². The summed E-state index contributed by atoms with van der Waals surface area (Å²) in [4.78, 5) is 2.52. The Bertz CT molecular complexity index is 906. The van der Waals surface area contributed by atoms with E-state index in [1.165, 1.54) is 69.0 Å². The Hall–Kier alpha value is -1.10. The minimum atomic E-state index is -0.274. The normalized spacial score (nSPS) is 45.1. The lowest BCUT2D eigenvalue weighted by molar-refractivity contribution is -1.04. The molecule has 5 bridgehead atoms. The van der Waals surface area contributed by atoms with Crippen LogP contribution in [0.1, 0.15) is 90.0 Å². The predicted octanol–water partition coefficient (Wildman–Crippen LogP) is 5.21. The highest BCUT2D eigenvalue weighted by Gasteiger charge is 2.82. The number of hydrogen-bond acceptors (Lipinski definition) is 3. The molecule has 4 nitrogen and oxygen atoms in total. The molecular formula is C30H47N2O2+. The summed E-state index contributed by atoms with van der Waals surface area (Å²) in [5.74, 6) is 1.17. The topological polar surface area (TPSA) is 43.7 Å². The maximum Gasteiger partial charge on any atom is 0.194 e. The largest absolute Gasteiger partial charge is 0.392 e. The van der Waals surface area contributed by atoms with E-state index < -0.39 is 0 Å². The molecule has 1 aromatic rings. The van der Waals surface area contributed by atoms with Crippen LogP contribution in [0.2, 0.25) is 0 Å². The van der Waals surface area contributed by atoms with E-state index in [4.69, 9.17) is 0 Å². The van der Waals surface area contributed by atoms with Crippen LogP contribution in [0.4, 0.5) is 5.69 Å². The van der Waals surface area contributed by atoms with Crippen LogP contribution in [0.5, 0.6) is 0 Å². The fourth-order valence-electron chi connectivity index (χ4n) is 10.4. The molecule has 10 atom stereocenters. The van der Waals surface area contributed by atoms with Crippen LogP contribution >= 0.6 is 0 Å². The first kappa shape index (κ1) is 23.3. The molecule has 1 aliphatic carbocycles. The molecule has 5 heterocycles.